The smallest absolute Gasteiger partial charge is 0.159 e. The van der Waals surface area contributed by atoms with Crippen LogP contribution in [0.3, 0.4) is 0 Å². The molecule has 4 nitrogen and oxygen atoms in total. The van der Waals surface area contributed by atoms with E-state index in [0.29, 0.717) is 24.1 Å². The maximum atomic E-state index is 6.01. The van der Waals surface area contributed by atoms with Gasteiger partial charge in [-0.05, 0) is 32.0 Å². The molecule has 0 amide bonds. The van der Waals surface area contributed by atoms with E-state index in [4.69, 9.17) is 32.7 Å². The summed E-state index contributed by atoms with van der Waals surface area (Å²) in [5.41, 5.74) is 1.89. The highest BCUT2D eigenvalue weighted by atomic mass is 35.5. The van der Waals surface area contributed by atoms with Crippen molar-refractivity contribution < 1.29 is 9.47 Å². The lowest BCUT2D eigenvalue weighted by Crippen LogP contribution is -2.20. The first-order valence-corrected chi connectivity index (χ1v) is 8.04. The highest BCUT2D eigenvalue weighted by Crippen LogP contribution is 2.22. The van der Waals surface area contributed by atoms with Gasteiger partial charge in [-0.25, -0.2) is 4.98 Å². The highest BCUT2D eigenvalue weighted by Gasteiger charge is 2.13. The van der Waals surface area contributed by atoms with Gasteiger partial charge in [0.15, 0.2) is 6.29 Å². The van der Waals surface area contributed by atoms with Crippen molar-refractivity contribution in [1.29, 1.82) is 0 Å². The number of ether oxygens (including phenoxy) is 2. The van der Waals surface area contributed by atoms with Crippen molar-refractivity contribution in [3.8, 4) is 0 Å². The second-order valence-electron chi connectivity index (χ2n) is 4.58. The molecule has 0 saturated carbocycles. The average Bonchev–Trinajstić information content (AvgIpc) is 2.82. The van der Waals surface area contributed by atoms with E-state index in [-0.39, 0.29) is 6.29 Å². The first-order chi connectivity index (χ1) is 10.2. The lowest BCUT2D eigenvalue weighted by atomic mass is 10.3. The summed E-state index contributed by atoms with van der Waals surface area (Å²) in [6.07, 6.45) is 0.549. The molecule has 0 aliphatic rings. The van der Waals surface area contributed by atoms with Crippen molar-refractivity contribution >= 4 is 34.2 Å². The van der Waals surface area contributed by atoms with Crippen LogP contribution in [-0.4, -0.2) is 29.1 Å². The number of benzene rings is 1. The van der Waals surface area contributed by atoms with Crippen LogP contribution >= 0.6 is 23.2 Å². The maximum Gasteiger partial charge on any atom is 0.159 e. The van der Waals surface area contributed by atoms with Crippen LogP contribution in [-0.2, 0) is 21.9 Å². The SMILES string of the molecule is CCOC(CCn1c(CCl)nc2cc(Cl)ccc21)OCC. The number of hydrogen-bond donors (Lipinski definition) is 0. The quantitative estimate of drug-likeness (QED) is 0.537. The fraction of sp³-hybridized carbons (Fsp3) is 0.533. The topological polar surface area (TPSA) is 36.3 Å². The van der Waals surface area contributed by atoms with Crippen LogP contribution in [0.1, 0.15) is 26.1 Å². The molecule has 2 aromatic rings. The molecular weight excluding hydrogens is 311 g/mol. The summed E-state index contributed by atoms with van der Waals surface area (Å²) in [5, 5.41) is 0.676. The van der Waals surface area contributed by atoms with Gasteiger partial charge in [0.2, 0.25) is 0 Å². The molecule has 116 valence electrons. The van der Waals surface area contributed by atoms with Gasteiger partial charge in [-0.2, -0.15) is 0 Å². The van der Waals surface area contributed by atoms with Gasteiger partial charge in [0, 0.05) is 31.2 Å². The third kappa shape index (κ3) is 4.10. The zero-order valence-electron chi connectivity index (χ0n) is 12.3. The number of alkyl halides is 1. The molecule has 2 rings (SSSR count). The van der Waals surface area contributed by atoms with E-state index in [1.54, 1.807) is 0 Å². The van der Waals surface area contributed by atoms with Crippen LogP contribution in [0.15, 0.2) is 18.2 Å². The van der Waals surface area contributed by atoms with Crippen LogP contribution in [0.25, 0.3) is 11.0 Å². The minimum Gasteiger partial charge on any atom is -0.353 e. The normalized spacial score (nSPS) is 11.7. The molecule has 0 aliphatic carbocycles. The molecule has 0 atom stereocenters. The van der Waals surface area contributed by atoms with Crippen molar-refractivity contribution in [2.24, 2.45) is 0 Å². The number of hydrogen-bond acceptors (Lipinski definition) is 3. The number of halogens is 2. The zero-order valence-corrected chi connectivity index (χ0v) is 13.8. The number of imidazole rings is 1. The van der Waals surface area contributed by atoms with E-state index in [1.165, 1.54) is 0 Å². The Balaban J connectivity index is 2.20. The molecule has 0 fully saturated rings. The Morgan fingerprint density at radius 3 is 2.57 bits per heavy atom. The van der Waals surface area contributed by atoms with E-state index in [2.05, 4.69) is 9.55 Å². The summed E-state index contributed by atoms with van der Waals surface area (Å²) < 4.78 is 13.3. The Bertz CT molecular complexity index is 580. The van der Waals surface area contributed by atoms with Crippen LogP contribution in [0, 0.1) is 0 Å². The maximum absolute atomic E-state index is 6.01. The van der Waals surface area contributed by atoms with Crippen LogP contribution < -0.4 is 0 Å². The largest absolute Gasteiger partial charge is 0.353 e. The lowest BCUT2D eigenvalue weighted by molar-refractivity contribution is -0.140. The summed E-state index contributed by atoms with van der Waals surface area (Å²) in [4.78, 5) is 4.53. The van der Waals surface area contributed by atoms with E-state index in [9.17, 15) is 0 Å². The third-order valence-electron chi connectivity index (χ3n) is 3.20. The first-order valence-electron chi connectivity index (χ1n) is 7.13. The Morgan fingerprint density at radius 1 is 1.24 bits per heavy atom. The van der Waals surface area contributed by atoms with E-state index < -0.39 is 0 Å². The molecule has 1 aromatic heterocycles. The monoisotopic (exact) mass is 330 g/mol. The number of aromatic nitrogens is 2. The summed E-state index contributed by atoms with van der Waals surface area (Å²) in [6.45, 7) is 5.93. The van der Waals surface area contributed by atoms with E-state index >= 15 is 0 Å². The van der Waals surface area contributed by atoms with Crippen LogP contribution in [0.5, 0.6) is 0 Å². The number of nitrogens with zero attached hydrogens (tertiary/aromatic N) is 2. The minimum absolute atomic E-state index is 0.201. The molecule has 0 radical (unpaired) electrons. The van der Waals surface area contributed by atoms with E-state index in [1.807, 2.05) is 32.0 Å². The molecule has 0 saturated heterocycles. The van der Waals surface area contributed by atoms with Gasteiger partial charge in [-0.1, -0.05) is 11.6 Å². The molecule has 1 aromatic carbocycles. The molecule has 0 aliphatic heterocycles. The molecular formula is C15H20Cl2N2O2. The number of fused-ring (bicyclic) bond motifs is 1. The van der Waals surface area contributed by atoms with Crippen LogP contribution in [0.2, 0.25) is 5.02 Å². The predicted octanol–water partition coefficient (Wildman–Crippen LogP) is 4.22. The Morgan fingerprint density at radius 2 is 1.95 bits per heavy atom. The fourth-order valence-electron chi connectivity index (χ4n) is 2.33. The molecule has 6 heteroatoms. The molecule has 0 N–H and O–H groups in total. The molecule has 0 bridgehead atoms. The minimum atomic E-state index is -0.201. The third-order valence-corrected chi connectivity index (χ3v) is 3.68. The fourth-order valence-corrected chi connectivity index (χ4v) is 2.70. The van der Waals surface area contributed by atoms with Gasteiger partial charge in [0.05, 0.1) is 16.9 Å². The Kier molecular flexibility index (Phi) is 6.30. The van der Waals surface area contributed by atoms with Crippen molar-refractivity contribution in [3.63, 3.8) is 0 Å². The summed E-state index contributed by atoms with van der Waals surface area (Å²) in [7, 11) is 0. The van der Waals surface area contributed by atoms with Gasteiger partial charge in [-0.3, -0.25) is 0 Å². The van der Waals surface area contributed by atoms with Gasteiger partial charge < -0.3 is 14.0 Å². The molecule has 0 unspecified atom stereocenters. The first kappa shape index (κ1) is 16.6. The summed E-state index contributed by atoms with van der Waals surface area (Å²) in [5.74, 6) is 1.20. The van der Waals surface area contributed by atoms with Crippen molar-refractivity contribution in [1.82, 2.24) is 9.55 Å². The van der Waals surface area contributed by atoms with Crippen LogP contribution in [0.4, 0.5) is 0 Å². The standard InChI is InChI=1S/C15H20Cl2N2O2/c1-3-20-15(21-4-2)7-8-19-13-6-5-11(17)9-12(13)18-14(19)10-16/h5-6,9,15H,3-4,7-8,10H2,1-2H3. The summed E-state index contributed by atoms with van der Waals surface area (Å²) >= 11 is 12.0. The Labute approximate surface area is 135 Å². The van der Waals surface area contributed by atoms with Gasteiger partial charge >= 0.3 is 0 Å². The second kappa shape index (κ2) is 7.99. The van der Waals surface area contributed by atoms with E-state index in [0.717, 1.165) is 29.8 Å². The van der Waals surface area contributed by atoms with Gasteiger partial charge in [0.1, 0.15) is 5.82 Å². The number of aryl methyl sites for hydroxylation is 1. The van der Waals surface area contributed by atoms with Gasteiger partial charge in [-0.15, -0.1) is 11.6 Å². The van der Waals surface area contributed by atoms with Crippen molar-refractivity contribution in [2.45, 2.75) is 39.0 Å². The van der Waals surface area contributed by atoms with Crippen molar-refractivity contribution in [2.75, 3.05) is 13.2 Å². The zero-order chi connectivity index (χ0) is 15.2. The Hall–Kier alpha value is -0.810. The average molecular weight is 331 g/mol. The van der Waals surface area contributed by atoms with Gasteiger partial charge in [0.25, 0.3) is 0 Å². The highest BCUT2D eigenvalue weighted by molar-refractivity contribution is 6.31. The molecule has 0 spiro atoms. The number of rotatable bonds is 8. The predicted molar refractivity (Wildman–Crippen MR) is 86.0 cm³/mol. The van der Waals surface area contributed by atoms with Crippen molar-refractivity contribution in [3.05, 3.63) is 29.0 Å². The lowest BCUT2D eigenvalue weighted by Gasteiger charge is -2.18. The second-order valence-corrected chi connectivity index (χ2v) is 5.28. The molecule has 1 heterocycles. The molecule has 21 heavy (non-hydrogen) atoms. The summed E-state index contributed by atoms with van der Waals surface area (Å²) in [6, 6.07) is 5.69.